The van der Waals surface area contributed by atoms with E-state index < -0.39 is 60.5 Å². The predicted octanol–water partition coefficient (Wildman–Crippen LogP) is 3.96. The van der Waals surface area contributed by atoms with Crippen molar-refractivity contribution in [2.75, 3.05) is 6.61 Å². The van der Waals surface area contributed by atoms with Crippen molar-refractivity contribution in [3.05, 3.63) is 12.2 Å². The molecule has 1 N–H and O–H groups in total. The number of esters is 1. The normalized spacial score (nSPS) is 15.6. The van der Waals surface area contributed by atoms with Crippen LogP contribution in [-0.4, -0.2) is 53.7 Å². The number of carbonyl (C=O) groups excluding carboxylic acids is 1. The van der Waals surface area contributed by atoms with Crippen molar-refractivity contribution in [2.45, 2.75) is 49.3 Å². The topological polar surface area (TPSA) is 46.5 Å². The maximum absolute atomic E-state index is 13.5. The SMILES string of the molecule is C=C(C)C(=O)OC(CO)CC(F)(F)C(F)(F)C(F)(C(F)(F)F)C(F)(F)F. The van der Waals surface area contributed by atoms with E-state index in [0.29, 0.717) is 0 Å². The summed E-state index contributed by atoms with van der Waals surface area (Å²) in [7, 11) is 0. The van der Waals surface area contributed by atoms with E-state index in [1.807, 2.05) is 0 Å². The summed E-state index contributed by atoms with van der Waals surface area (Å²) in [4.78, 5) is 11.1. The molecule has 0 radical (unpaired) electrons. The molecule has 0 saturated carbocycles. The molecule has 0 saturated heterocycles. The largest absolute Gasteiger partial charge is 0.456 e. The molecule has 0 rings (SSSR count). The van der Waals surface area contributed by atoms with Gasteiger partial charge in [0.15, 0.2) is 0 Å². The predicted molar refractivity (Wildman–Crippen MR) is 62.2 cm³/mol. The first kappa shape index (κ1) is 24.4. The van der Waals surface area contributed by atoms with Crippen LogP contribution in [0.3, 0.4) is 0 Å². The van der Waals surface area contributed by atoms with Gasteiger partial charge < -0.3 is 9.84 Å². The Bertz CT molecular complexity index is 522. The minimum absolute atomic E-state index is 0.510. The summed E-state index contributed by atoms with van der Waals surface area (Å²) in [6.07, 6.45) is -20.3. The van der Waals surface area contributed by atoms with Crippen LogP contribution in [0.25, 0.3) is 0 Å². The maximum atomic E-state index is 13.5. The minimum atomic E-state index is -7.60. The molecule has 14 heteroatoms. The van der Waals surface area contributed by atoms with E-state index in [0.717, 1.165) is 6.92 Å². The second-order valence-corrected chi connectivity index (χ2v) is 5.13. The highest BCUT2D eigenvalue weighted by Gasteiger charge is 2.89. The molecule has 0 aliphatic carbocycles. The van der Waals surface area contributed by atoms with Gasteiger partial charge in [0.2, 0.25) is 0 Å². The number of carbonyl (C=O) groups is 1. The van der Waals surface area contributed by atoms with E-state index in [1.165, 1.54) is 0 Å². The number of aliphatic hydroxyl groups excluding tert-OH is 1. The minimum Gasteiger partial charge on any atom is -0.456 e. The van der Waals surface area contributed by atoms with Crippen LogP contribution >= 0.6 is 0 Å². The molecule has 0 aromatic heterocycles. The molecule has 3 nitrogen and oxygen atoms in total. The van der Waals surface area contributed by atoms with Crippen LogP contribution in [0, 0.1) is 0 Å². The number of ether oxygens (including phenoxy) is 1. The van der Waals surface area contributed by atoms with Gasteiger partial charge in [-0.1, -0.05) is 6.58 Å². The Balaban J connectivity index is 5.98. The van der Waals surface area contributed by atoms with Crippen molar-refractivity contribution in [3.63, 3.8) is 0 Å². The second-order valence-electron chi connectivity index (χ2n) is 5.13. The Labute approximate surface area is 138 Å². The lowest BCUT2D eigenvalue weighted by atomic mass is 9.88. The van der Waals surface area contributed by atoms with Crippen LogP contribution in [-0.2, 0) is 9.53 Å². The van der Waals surface area contributed by atoms with E-state index in [4.69, 9.17) is 5.11 Å². The Morgan fingerprint density at radius 1 is 0.962 bits per heavy atom. The van der Waals surface area contributed by atoms with Crippen molar-refractivity contribution >= 4 is 5.97 Å². The number of hydrogen-bond acceptors (Lipinski definition) is 3. The molecule has 0 spiro atoms. The molecule has 0 heterocycles. The van der Waals surface area contributed by atoms with Crippen molar-refractivity contribution in [2.24, 2.45) is 0 Å². The van der Waals surface area contributed by atoms with Crippen LogP contribution in [0.1, 0.15) is 13.3 Å². The summed E-state index contributed by atoms with van der Waals surface area (Å²) in [5.74, 6) is -15.2. The molecule has 0 fully saturated rings. The lowest BCUT2D eigenvalue weighted by Gasteiger charge is -2.40. The standard InChI is InChI=1S/C12H11F11O3/c1-5(2)7(25)26-6(4-24)3-8(13,14)10(16,17)9(15,11(18,19)20)12(21,22)23/h6,24H,1,3-4H2,2H3. The zero-order valence-electron chi connectivity index (χ0n) is 12.6. The molecule has 0 aliphatic rings. The zero-order chi connectivity index (χ0) is 21.4. The summed E-state index contributed by atoms with van der Waals surface area (Å²) in [6, 6.07) is 0. The van der Waals surface area contributed by atoms with Crippen LogP contribution in [0.15, 0.2) is 12.2 Å². The molecule has 26 heavy (non-hydrogen) atoms. The highest BCUT2D eigenvalue weighted by atomic mass is 19.4. The van der Waals surface area contributed by atoms with Crippen molar-refractivity contribution < 1.29 is 62.9 Å². The fourth-order valence-corrected chi connectivity index (χ4v) is 1.58. The fraction of sp³-hybridized carbons (Fsp3) is 0.750. The van der Waals surface area contributed by atoms with Crippen molar-refractivity contribution in [1.29, 1.82) is 0 Å². The first-order valence-corrected chi connectivity index (χ1v) is 6.31. The highest BCUT2D eigenvalue weighted by Crippen LogP contribution is 2.59. The smallest absolute Gasteiger partial charge is 0.438 e. The third-order valence-electron chi connectivity index (χ3n) is 2.98. The molecule has 154 valence electrons. The van der Waals surface area contributed by atoms with Crippen LogP contribution in [0.5, 0.6) is 0 Å². The molecular formula is C12H11F11O3. The molecule has 1 unspecified atom stereocenters. The van der Waals surface area contributed by atoms with E-state index in [9.17, 15) is 53.1 Å². The van der Waals surface area contributed by atoms with Gasteiger partial charge in [0.1, 0.15) is 6.10 Å². The van der Waals surface area contributed by atoms with Gasteiger partial charge in [0.05, 0.1) is 13.0 Å². The number of halogens is 11. The van der Waals surface area contributed by atoms with Gasteiger partial charge >= 0.3 is 35.8 Å². The van der Waals surface area contributed by atoms with E-state index in [2.05, 4.69) is 11.3 Å². The molecular weight excluding hydrogens is 401 g/mol. The fourth-order valence-electron chi connectivity index (χ4n) is 1.58. The lowest BCUT2D eigenvalue weighted by molar-refractivity contribution is -0.428. The average Bonchev–Trinajstić information content (AvgIpc) is 2.42. The Morgan fingerprint density at radius 2 is 1.35 bits per heavy atom. The molecule has 0 aromatic carbocycles. The Hall–Kier alpha value is -1.60. The van der Waals surface area contributed by atoms with E-state index in [1.54, 1.807) is 0 Å². The van der Waals surface area contributed by atoms with E-state index >= 15 is 0 Å². The van der Waals surface area contributed by atoms with Gasteiger partial charge in [-0.05, 0) is 6.92 Å². The summed E-state index contributed by atoms with van der Waals surface area (Å²) in [5.41, 5.74) is -8.11. The molecule has 0 aliphatic heterocycles. The van der Waals surface area contributed by atoms with Gasteiger partial charge in [0.25, 0.3) is 0 Å². The Kier molecular flexibility index (Phi) is 6.75. The van der Waals surface area contributed by atoms with Gasteiger partial charge in [-0.15, -0.1) is 0 Å². The number of alkyl halides is 11. The summed E-state index contributed by atoms with van der Waals surface area (Å²) < 4.78 is 145. The number of rotatable bonds is 7. The second kappa shape index (κ2) is 7.19. The van der Waals surface area contributed by atoms with Crippen LogP contribution in [0.4, 0.5) is 48.3 Å². The van der Waals surface area contributed by atoms with Crippen LogP contribution in [0.2, 0.25) is 0 Å². The molecule has 0 aromatic rings. The lowest BCUT2D eigenvalue weighted by Crippen LogP contribution is -2.70. The average molecular weight is 412 g/mol. The third-order valence-corrected chi connectivity index (χ3v) is 2.98. The number of hydrogen-bond donors (Lipinski definition) is 1. The third kappa shape index (κ3) is 4.20. The van der Waals surface area contributed by atoms with E-state index in [-0.39, 0.29) is 0 Å². The summed E-state index contributed by atoms with van der Waals surface area (Å²) in [6.45, 7) is 2.20. The van der Waals surface area contributed by atoms with Gasteiger partial charge in [0, 0.05) is 5.57 Å². The quantitative estimate of drug-likeness (QED) is 0.391. The van der Waals surface area contributed by atoms with Crippen molar-refractivity contribution in [1.82, 2.24) is 0 Å². The van der Waals surface area contributed by atoms with Crippen LogP contribution < -0.4 is 0 Å². The summed E-state index contributed by atoms with van der Waals surface area (Å²) >= 11 is 0. The Morgan fingerprint density at radius 3 is 1.62 bits per heavy atom. The monoisotopic (exact) mass is 412 g/mol. The number of aliphatic hydroxyl groups is 1. The summed E-state index contributed by atoms with van der Waals surface area (Å²) in [5, 5.41) is 8.68. The maximum Gasteiger partial charge on any atom is 0.438 e. The van der Waals surface area contributed by atoms with Gasteiger partial charge in [-0.2, -0.15) is 43.9 Å². The zero-order valence-corrected chi connectivity index (χ0v) is 12.6. The van der Waals surface area contributed by atoms with Gasteiger partial charge in [-0.25, -0.2) is 9.18 Å². The first-order valence-electron chi connectivity index (χ1n) is 6.31. The molecule has 1 atom stereocenters. The first-order chi connectivity index (χ1) is 11.3. The molecule has 0 amide bonds. The van der Waals surface area contributed by atoms with Gasteiger partial charge in [-0.3, -0.25) is 0 Å². The molecule has 0 bridgehead atoms. The highest BCUT2D eigenvalue weighted by molar-refractivity contribution is 5.87. The van der Waals surface area contributed by atoms with Crippen molar-refractivity contribution in [3.8, 4) is 0 Å².